The molecule has 140 valence electrons. The number of benzene rings is 2. The van der Waals surface area contributed by atoms with E-state index in [1.54, 1.807) is 31.3 Å². The van der Waals surface area contributed by atoms with E-state index in [4.69, 9.17) is 4.74 Å². The normalized spacial score (nSPS) is 12.6. The molecule has 1 atom stereocenters. The number of carbonyl (C=O) groups excluding carboxylic acids is 1. The number of nitrogens with zero attached hydrogens (tertiary/aromatic N) is 1. The van der Waals surface area contributed by atoms with E-state index in [2.05, 4.69) is 4.72 Å². The molecule has 0 fully saturated rings. The Morgan fingerprint density at radius 2 is 1.54 bits per heavy atom. The third-order valence-corrected chi connectivity index (χ3v) is 5.40. The minimum absolute atomic E-state index is 0.0630. The average Bonchev–Trinajstić information content (AvgIpc) is 2.60. The van der Waals surface area contributed by atoms with Crippen LogP contribution in [0.25, 0.3) is 0 Å². The zero-order valence-electron chi connectivity index (χ0n) is 15.4. The molecule has 0 bridgehead atoms. The number of hydrogen-bond acceptors (Lipinski definition) is 4. The molecule has 0 aliphatic rings. The Labute approximate surface area is 154 Å². The van der Waals surface area contributed by atoms with Crippen LogP contribution in [-0.2, 0) is 19.6 Å². The van der Waals surface area contributed by atoms with Gasteiger partial charge in [-0.2, -0.15) is 4.72 Å². The van der Waals surface area contributed by atoms with Crippen LogP contribution in [0.3, 0.4) is 0 Å². The molecule has 2 aromatic carbocycles. The molecule has 6 nitrogen and oxygen atoms in total. The van der Waals surface area contributed by atoms with Crippen LogP contribution in [0.5, 0.6) is 0 Å². The summed E-state index contributed by atoms with van der Waals surface area (Å²) in [6.07, 6.45) is 0. The SMILES string of the molecule is COCN(C)C(=O)C(NS(=O)(=O)c1ccc(C)cc1)c1ccc(C)cc1. The number of ether oxygens (including phenoxy) is 1. The summed E-state index contributed by atoms with van der Waals surface area (Å²) in [5.74, 6) is -0.397. The second-order valence-corrected chi connectivity index (χ2v) is 7.95. The lowest BCUT2D eigenvalue weighted by Crippen LogP contribution is -2.41. The van der Waals surface area contributed by atoms with Crippen molar-refractivity contribution in [3.8, 4) is 0 Å². The molecule has 0 radical (unpaired) electrons. The van der Waals surface area contributed by atoms with Crippen LogP contribution in [0.15, 0.2) is 53.4 Å². The number of amides is 1. The molecule has 0 spiro atoms. The van der Waals surface area contributed by atoms with Gasteiger partial charge in [-0.1, -0.05) is 47.5 Å². The van der Waals surface area contributed by atoms with Crippen molar-refractivity contribution in [2.45, 2.75) is 24.8 Å². The van der Waals surface area contributed by atoms with Crippen molar-refractivity contribution < 1.29 is 17.9 Å². The van der Waals surface area contributed by atoms with E-state index in [1.807, 2.05) is 26.0 Å². The smallest absolute Gasteiger partial charge is 0.246 e. The number of carbonyl (C=O) groups is 1. The van der Waals surface area contributed by atoms with Gasteiger partial charge in [-0.15, -0.1) is 0 Å². The standard InChI is InChI=1S/C19H24N2O4S/c1-14-5-9-16(10-6-14)18(19(22)21(3)13-25-4)20-26(23,24)17-11-7-15(2)8-12-17/h5-12,18,20H,13H2,1-4H3. The minimum Gasteiger partial charge on any atom is -0.364 e. The van der Waals surface area contributed by atoms with Gasteiger partial charge >= 0.3 is 0 Å². The second kappa shape index (κ2) is 8.44. The maximum absolute atomic E-state index is 12.8. The molecule has 0 heterocycles. The van der Waals surface area contributed by atoms with Crippen molar-refractivity contribution in [3.63, 3.8) is 0 Å². The van der Waals surface area contributed by atoms with Crippen LogP contribution in [-0.4, -0.2) is 40.1 Å². The largest absolute Gasteiger partial charge is 0.364 e. The molecule has 2 aromatic rings. The highest BCUT2D eigenvalue weighted by atomic mass is 32.2. The van der Waals surface area contributed by atoms with Gasteiger partial charge < -0.3 is 9.64 Å². The van der Waals surface area contributed by atoms with Gasteiger partial charge in [0.2, 0.25) is 15.9 Å². The molecule has 0 aliphatic heterocycles. The Morgan fingerprint density at radius 3 is 2.04 bits per heavy atom. The first-order chi connectivity index (χ1) is 12.2. The van der Waals surface area contributed by atoms with Gasteiger partial charge in [0.15, 0.2) is 0 Å². The Kier molecular flexibility index (Phi) is 6.52. The fraction of sp³-hybridized carbons (Fsp3) is 0.316. The zero-order valence-corrected chi connectivity index (χ0v) is 16.2. The Morgan fingerprint density at radius 1 is 1.04 bits per heavy atom. The molecule has 1 unspecified atom stereocenters. The molecule has 0 aliphatic carbocycles. The zero-order chi connectivity index (χ0) is 19.3. The van der Waals surface area contributed by atoms with Crippen molar-refractivity contribution >= 4 is 15.9 Å². The maximum atomic E-state index is 12.8. The molecule has 1 N–H and O–H groups in total. The summed E-state index contributed by atoms with van der Waals surface area (Å²) in [7, 11) is -0.830. The monoisotopic (exact) mass is 376 g/mol. The van der Waals surface area contributed by atoms with Gasteiger partial charge in [0.05, 0.1) is 4.90 Å². The molecular formula is C19H24N2O4S. The van der Waals surface area contributed by atoms with Crippen molar-refractivity contribution in [1.29, 1.82) is 0 Å². The molecule has 26 heavy (non-hydrogen) atoms. The second-order valence-electron chi connectivity index (χ2n) is 6.23. The topological polar surface area (TPSA) is 75.7 Å². The van der Waals surface area contributed by atoms with Gasteiger partial charge in [0.1, 0.15) is 12.8 Å². The first kappa shape index (κ1) is 20.1. The van der Waals surface area contributed by atoms with E-state index in [0.29, 0.717) is 5.56 Å². The van der Waals surface area contributed by atoms with Gasteiger partial charge in [0, 0.05) is 14.2 Å². The fourth-order valence-corrected chi connectivity index (χ4v) is 3.62. The van der Waals surface area contributed by atoms with E-state index in [9.17, 15) is 13.2 Å². The first-order valence-corrected chi connectivity index (χ1v) is 9.62. The van der Waals surface area contributed by atoms with E-state index in [1.165, 1.54) is 24.1 Å². The predicted octanol–water partition coefficient (Wildman–Crippen LogP) is 2.39. The van der Waals surface area contributed by atoms with Gasteiger partial charge in [-0.05, 0) is 31.5 Å². The molecule has 0 saturated heterocycles. The lowest BCUT2D eigenvalue weighted by molar-refractivity contribution is -0.136. The summed E-state index contributed by atoms with van der Waals surface area (Å²) < 4.78 is 33.0. The minimum atomic E-state index is -3.87. The van der Waals surface area contributed by atoms with Crippen LogP contribution in [0.4, 0.5) is 0 Å². The summed E-state index contributed by atoms with van der Waals surface area (Å²) >= 11 is 0. The number of nitrogens with one attached hydrogen (secondary N) is 1. The van der Waals surface area contributed by atoms with Crippen LogP contribution >= 0.6 is 0 Å². The lowest BCUT2D eigenvalue weighted by Gasteiger charge is -2.24. The average molecular weight is 376 g/mol. The summed E-state index contributed by atoms with van der Waals surface area (Å²) in [4.78, 5) is 14.2. The number of aryl methyl sites for hydroxylation is 2. The third kappa shape index (κ3) is 4.91. The third-order valence-electron chi connectivity index (χ3n) is 3.96. The van der Waals surface area contributed by atoms with Gasteiger partial charge in [-0.3, -0.25) is 4.79 Å². The summed E-state index contributed by atoms with van der Waals surface area (Å²) in [6.45, 7) is 3.86. The van der Waals surface area contributed by atoms with Crippen LogP contribution in [0.2, 0.25) is 0 Å². The fourth-order valence-electron chi connectivity index (χ4n) is 2.44. The summed E-state index contributed by atoms with van der Waals surface area (Å²) in [5, 5.41) is 0. The van der Waals surface area contributed by atoms with E-state index >= 15 is 0 Å². The van der Waals surface area contributed by atoms with E-state index in [-0.39, 0.29) is 11.6 Å². The highest BCUT2D eigenvalue weighted by molar-refractivity contribution is 7.89. The highest BCUT2D eigenvalue weighted by Crippen LogP contribution is 2.20. The predicted molar refractivity (Wildman–Crippen MR) is 100 cm³/mol. The number of methoxy groups -OCH3 is 1. The van der Waals surface area contributed by atoms with Crippen molar-refractivity contribution in [3.05, 3.63) is 65.2 Å². The lowest BCUT2D eigenvalue weighted by atomic mass is 10.1. The van der Waals surface area contributed by atoms with Crippen LogP contribution in [0.1, 0.15) is 22.7 Å². The van der Waals surface area contributed by atoms with Crippen molar-refractivity contribution in [2.24, 2.45) is 0 Å². The summed E-state index contributed by atoms with van der Waals surface area (Å²) in [5.41, 5.74) is 2.54. The molecular weight excluding hydrogens is 352 g/mol. The molecule has 0 aromatic heterocycles. The number of sulfonamides is 1. The van der Waals surface area contributed by atoms with Crippen molar-refractivity contribution in [2.75, 3.05) is 20.9 Å². The Hall–Kier alpha value is -2.22. The molecule has 1 amide bonds. The molecule has 0 saturated carbocycles. The molecule has 2 rings (SSSR count). The van der Waals surface area contributed by atoms with Crippen LogP contribution < -0.4 is 4.72 Å². The number of likely N-dealkylation sites (N-methyl/N-ethyl adjacent to an activating group) is 1. The summed E-state index contributed by atoms with van der Waals surface area (Å²) in [6, 6.07) is 12.6. The van der Waals surface area contributed by atoms with E-state index in [0.717, 1.165) is 11.1 Å². The Balaban J connectivity index is 2.38. The molecule has 7 heteroatoms. The van der Waals surface area contributed by atoms with Crippen LogP contribution in [0, 0.1) is 13.8 Å². The number of hydrogen-bond donors (Lipinski definition) is 1. The number of rotatable bonds is 7. The van der Waals surface area contributed by atoms with Gasteiger partial charge in [-0.25, -0.2) is 8.42 Å². The van der Waals surface area contributed by atoms with Gasteiger partial charge in [0.25, 0.3) is 0 Å². The van der Waals surface area contributed by atoms with E-state index < -0.39 is 22.0 Å². The quantitative estimate of drug-likeness (QED) is 0.753. The maximum Gasteiger partial charge on any atom is 0.246 e. The first-order valence-electron chi connectivity index (χ1n) is 8.14. The highest BCUT2D eigenvalue weighted by Gasteiger charge is 2.29. The Bertz CT molecular complexity index is 846. The van der Waals surface area contributed by atoms with Crippen molar-refractivity contribution in [1.82, 2.24) is 9.62 Å².